The highest BCUT2D eigenvalue weighted by atomic mass is 32.1. The summed E-state index contributed by atoms with van der Waals surface area (Å²) >= 11 is 1.65. The van der Waals surface area contributed by atoms with Crippen LogP contribution in [0.1, 0.15) is 36.8 Å². The number of carbonyl (C=O) groups excluding carboxylic acids is 1. The van der Waals surface area contributed by atoms with Crippen LogP contribution in [-0.2, 0) is 0 Å². The molecule has 2 aromatic heterocycles. The van der Waals surface area contributed by atoms with E-state index in [0.717, 1.165) is 42.6 Å². The third kappa shape index (κ3) is 6.32. The fraction of sp³-hybridized carbons (Fsp3) is 0.400. The van der Waals surface area contributed by atoms with Crippen molar-refractivity contribution in [1.82, 2.24) is 24.9 Å². The SMILES string of the molecule is CN1CCN(c2nc(-c3ccc(C(=O)N(CC(C)(C)C)Nc4cncc(C#N)n4)cc3)cs2)CC1. The van der Waals surface area contributed by atoms with E-state index >= 15 is 0 Å². The maximum Gasteiger partial charge on any atom is 0.272 e. The molecule has 0 aliphatic carbocycles. The van der Waals surface area contributed by atoms with Gasteiger partial charge in [0.05, 0.1) is 18.1 Å². The Hall–Kier alpha value is -3.55. The number of likely N-dealkylation sites (N-methyl/N-ethyl adjacent to an activating group) is 1. The Kier molecular flexibility index (Phi) is 7.28. The van der Waals surface area contributed by atoms with E-state index in [9.17, 15) is 4.79 Å². The first kappa shape index (κ1) is 24.6. The minimum absolute atomic E-state index is 0.164. The van der Waals surface area contributed by atoms with E-state index in [1.165, 1.54) is 17.4 Å². The lowest BCUT2D eigenvalue weighted by molar-refractivity contribution is 0.0742. The smallest absolute Gasteiger partial charge is 0.272 e. The van der Waals surface area contributed by atoms with Gasteiger partial charge in [0.15, 0.2) is 16.6 Å². The highest BCUT2D eigenvalue weighted by molar-refractivity contribution is 7.14. The van der Waals surface area contributed by atoms with Crippen LogP contribution < -0.4 is 10.3 Å². The number of benzene rings is 1. The molecule has 4 rings (SSSR count). The first-order valence-corrected chi connectivity index (χ1v) is 12.4. The van der Waals surface area contributed by atoms with Gasteiger partial charge in [-0.3, -0.25) is 20.2 Å². The van der Waals surface area contributed by atoms with Crippen molar-refractivity contribution in [3.63, 3.8) is 0 Å². The van der Waals surface area contributed by atoms with Crippen LogP contribution in [0.25, 0.3) is 11.3 Å². The van der Waals surface area contributed by atoms with Gasteiger partial charge in [-0.15, -0.1) is 11.3 Å². The summed E-state index contributed by atoms with van der Waals surface area (Å²) in [5.74, 6) is 0.157. The first-order chi connectivity index (χ1) is 16.7. The van der Waals surface area contributed by atoms with E-state index < -0.39 is 0 Å². The highest BCUT2D eigenvalue weighted by Gasteiger charge is 2.23. The zero-order chi connectivity index (χ0) is 25.0. The van der Waals surface area contributed by atoms with Gasteiger partial charge in [-0.2, -0.15) is 5.26 Å². The molecule has 0 radical (unpaired) electrons. The van der Waals surface area contributed by atoms with Crippen LogP contribution in [0.15, 0.2) is 42.0 Å². The topological polar surface area (TPSA) is 101 Å². The summed E-state index contributed by atoms with van der Waals surface area (Å²) in [5.41, 5.74) is 5.49. The largest absolute Gasteiger partial charge is 0.346 e. The molecule has 3 aromatic rings. The lowest BCUT2D eigenvalue weighted by atomic mass is 9.96. The molecule has 0 saturated carbocycles. The quantitative estimate of drug-likeness (QED) is 0.522. The maximum atomic E-state index is 13.4. The molecule has 35 heavy (non-hydrogen) atoms. The van der Waals surface area contributed by atoms with Crippen LogP contribution >= 0.6 is 11.3 Å². The van der Waals surface area contributed by atoms with E-state index in [2.05, 4.69) is 58.4 Å². The summed E-state index contributed by atoms with van der Waals surface area (Å²) in [6, 6.07) is 9.47. The van der Waals surface area contributed by atoms with Gasteiger partial charge in [-0.1, -0.05) is 32.9 Å². The Bertz CT molecular complexity index is 1200. The van der Waals surface area contributed by atoms with E-state index in [1.807, 2.05) is 30.3 Å². The molecule has 0 spiro atoms. The summed E-state index contributed by atoms with van der Waals surface area (Å²) in [4.78, 5) is 31.1. The number of nitrogens with zero attached hydrogens (tertiary/aromatic N) is 7. The number of piperazine rings is 1. The molecule has 0 bridgehead atoms. The predicted octanol–water partition coefficient (Wildman–Crippen LogP) is 3.74. The van der Waals surface area contributed by atoms with Crippen molar-refractivity contribution in [2.75, 3.05) is 50.1 Å². The highest BCUT2D eigenvalue weighted by Crippen LogP contribution is 2.28. The molecule has 3 heterocycles. The molecular formula is C25H30N8OS. The Morgan fingerprint density at radius 1 is 1.14 bits per heavy atom. The molecule has 9 nitrogen and oxygen atoms in total. The molecular weight excluding hydrogens is 460 g/mol. The average molecular weight is 491 g/mol. The van der Waals surface area contributed by atoms with Gasteiger partial charge in [-0.25, -0.2) is 9.97 Å². The van der Waals surface area contributed by atoms with Gasteiger partial charge in [0.25, 0.3) is 5.91 Å². The van der Waals surface area contributed by atoms with E-state index in [1.54, 1.807) is 11.3 Å². The number of aromatic nitrogens is 3. The second-order valence-electron chi connectivity index (χ2n) is 9.85. The van der Waals surface area contributed by atoms with E-state index in [-0.39, 0.29) is 17.0 Å². The molecule has 0 atom stereocenters. The van der Waals surface area contributed by atoms with E-state index in [4.69, 9.17) is 10.2 Å². The number of hydrogen-bond acceptors (Lipinski definition) is 9. The molecule has 1 aromatic carbocycles. The molecule has 182 valence electrons. The number of anilines is 2. The second-order valence-corrected chi connectivity index (χ2v) is 10.7. The summed E-state index contributed by atoms with van der Waals surface area (Å²) in [6.07, 6.45) is 2.88. The van der Waals surface area contributed by atoms with Crippen molar-refractivity contribution in [3.8, 4) is 17.3 Å². The van der Waals surface area contributed by atoms with Crippen LogP contribution in [0, 0.1) is 16.7 Å². The number of hydrazine groups is 1. The number of rotatable bonds is 6. The van der Waals surface area contributed by atoms with Crippen molar-refractivity contribution < 1.29 is 4.79 Å². The van der Waals surface area contributed by atoms with Crippen molar-refractivity contribution in [1.29, 1.82) is 5.26 Å². The summed E-state index contributed by atoms with van der Waals surface area (Å²) in [6.45, 7) is 10.6. The summed E-state index contributed by atoms with van der Waals surface area (Å²) in [5, 5.41) is 13.7. The molecule has 0 unspecified atom stereocenters. The Morgan fingerprint density at radius 2 is 1.86 bits per heavy atom. The molecule has 1 N–H and O–H groups in total. The first-order valence-electron chi connectivity index (χ1n) is 11.5. The Labute approximate surface area is 210 Å². The van der Waals surface area contributed by atoms with Gasteiger partial charge < -0.3 is 9.80 Å². The van der Waals surface area contributed by atoms with Crippen LogP contribution in [-0.4, -0.2) is 70.5 Å². The molecule has 10 heteroatoms. The Morgan fingerprint density at radius 3 is 2.51 bits per heavy atom. The van der Waals surface area contributed by atoms with Crippen molar-refractivity contribution >= 4 is 28.2 Å². The van der Waals surface area contributed by atoms with Crippen molar-refractivity contribution in [2.45, 2.75) is 20.8 Å². The van der Waals surface area contributed by atoms with Gasteiger partial charge in [0.1, 0.15) is 6.07 Å². The molecule has 1 aliphatic rings. The maximum absolute atomic E-state index is 13.4. The van der Waals surface area contributed by atoms with Gasteiger partial charge in [-0.05, 0) is 24.6 Å². The van der Waals surface area contributed by atoms with Gasteiger partial charge >= 0.3 is 0 Å². The Balaban J connectivity index is 1.50. The predicted molar refractivity (Wildman–Crippen MR) is 138 cm³/mol. The lowest BCUT2D eigenvalue weighted by Crippen LogP contribution is -2.44. The number of hydrogen-bond donors (Lipinski definition) is 1. The number of thiazole rings is 1. The van der Waals surface area contributed by atoms with Crippen molar-refractivity contribution in [3.05, 3.63) is 53.3 Å². The second kappa shape index (κ2) is 10.4. The average Bonchev–Trinajstić information content (AvgIpc) is 3.33. The van der Waals surface area contributed by atoms with E-state index in [0.29, 0.717) is 17.9 Å². The lowest BCUT2D eigenvalue weighted by Gasteiger charge is -2.32. The van der Waals surface area contributed by atoms with Crippen LogP contribution in [0.2, 0.25) is 0 Å². The fourth-order valence-electron chi connectivity index (χ4n) is 3.73. The zero-order valence-electron chi connectivity index (χ0n) is 20.5. The third-order valence-electron chi connectivity index (χ3n) is 5.57. The number of carbonyl (C=O) groups is 1. The molecule has 1 saturated heterocycles. The standard InChI is InChI=1S/C25H30N8OS/c1-25(2,3)17-33(30-22-15-27-14-20(13-26)28-22)23(34)19-7-5-18(6-8-19)21-16-35-24(29-21)32-11-9-31(4)10-12-32/h5-8,14-16H,9-12,17H2,1-4H3,(H,28,30). The van der Waals surface area contributed by atoms with Crippen LogP contribution in [0.4, 0.5) is 10.9 Å². The molecule has 1 amide bonds. The monoisotopic (exact) mass is 490 g/mol. The fourth-order valence-corrected chi connectivity index (χ4v) is 4.62. The normalized spacial score (nSPS) is 14.4. The van der Waals surface area contributed by atoms with Crippen LogP contribution in [0.3, 0.4) is 0 Å². The van der Waals surface area contributed by atoms with Crippen LogP contribution in [0.5, 0.6) is 0 Å². The summed E-state index contributed by atoms with van der Waals surface area (Å²) < 4.78 is 0. The number of nitrogens with one attached hydrogen (secondary N) is 1. The van der Waals surface area contributed by atoms with Gasteiger partial charge in [0.2, 0.25) is 0 Å². The minimum Gasteiger partial charge on any atom is -0.346 e. The van der Waals surface area contributed by atoms with Crippen molar-refractivity contribution in [2.24, 2.45) is 5.41 Å². The summed E-state index contributed by atoms with van der Waals surface area (Å²) in [7, 11) is 2.14. The number of amides is 1. The van der Waals surface area contributed by atoms with Gasteiger partial charge in [0, 0.05) is 49.2 Å². The molecule has 1 fully saturated rings. The third-order valence-corrected chi connectivity index (χ3v) is 6.47. The zero-order valence-corrected chi connectivity index (χ0v) is 21.3. The minimum atomic E-state index is -0.188. The molecule has 1 aliphatic heterocycles. The number of nitriles is 1.